The molecule has 2 aliphatic rings. The minimum atomic E-state index is -0.745. The Balaban J connectivity index is 1.42. The minimum absolute atomic E-state index is 0.0808. The van der Waals surface area contributed by atoms with Crippen molar-refractivity contribution in [2.24, 2.45) is 0 Å². The molecule has 5 nitrogen and oxygen atoms in total. The van der Waals surface area contributed by atoms with Crippen LogP contribution in [0.5, 0.6) is 5.75 Å². The molecule has 0 spiro atoms. The van der Waals surface area contributed by atoms with Gasteiger partial charge < -0.3 is 14.8 Å². The predicted molar refractivity (Wildman–Crippen MR) is 124 cm³/mol. The van der Waals surface area contributed by atoms with Crippen molar-refractivity contribution in [2.75, 3.05) is 44.8 Å². The number of carbonyl (C=O) groups excluding carboxylic acids is 1. The van der Waals surface area contributed by atoms with Gasteiger partial charge in [0.15, 0.2) is 0 Å². The topological polar surface area (TPSA) is 50.8 Å². The molecular weight excluding hydrogens is 435 g/mol. The zero-order valence-electron chi connectivity index (χ0n) is 17.5. The normalized spacial score (nSPS) is 18.6. The predicted octanol–water partition coefficient (Wildman–Crippen LogP) is 5.15. The Morgan fingerprint density at radius 1 is 1.06 bits per heavy atom. The Morgan fingerprint density at radius 3 is 2.45 bits per heavy atom. The van der Waals surface area contributed by atoms with E-state index in [1.165, 1.54) is 25.9 Å². The third-order valence-corrected chi connectivity index (χ3v) is 6.76. The first kappa shape index (κ1) is 22.4. The average molecular weight is 463 g/mol. The summed E-state index contributed by atoms with van der Waals surface area (Å²) in [4.78, 5) is 15.9. The standard InChI is InChI=1S/C24H28Cl2N2O3/c25-18-3-8-21(22(26)17-18)24(9-14-30-15-10-24)23(29)27-19-4-6-20(7-5-19)31-16-13-28-11-1-2-12-28/h3-8,17H,1-2,9-16H2,(H,27,29). The molecule has 2 aliphatic heterocycles. The Hall–Kier alpha value is -1.79. The van der Waals surface area contributed by atoms with Gasteiger partial charge in [0.05, 0.1) is 5.41 Å². The SMILES string of the molecule is O=C(Nc1ccc(OCCN2CCCC2)cc1)C1(c2ccc(Cl)cc2Cl)CCOCC1. The van der Waals surface area contributed by atoms with E-state index in [1.54, 1.807) is 12.1 Å². The molecule has 0 aliphatic carbocycles. The lowest BCUT2D eigenvalue weighted by Crippen LogP contribution is -2.45. The maximum atomic E-state index is 13.4. The molecule has 0 bridgehead atoms. The van der Waals surface area contributed by atoms with Crippen molar-refractivity contribution in [3.05, 3.63) is 58.1 Å². The van der Waals surface area contributed by atoms with E-state index in [1.807, 2.05) is 30.3 Å². The fraction of sp³-hybridized carbons (Fsp3) is 0.458. The Kier molecular flexibility index (Phi) is 7.39. The summed E-state index contributed by atoms with van der Waals surface area (Å²) in [6, 6.07) is 12.9. The van der Waals surface area contributed by atoms with Crippen LogP contribution < -0.4 is 10.1 Å². The van der Waals surface area contributed by atoms with Crippen LogP contribution in [-0.4, -0.2) is 50.3 Å². The monoisotopic (exact) mass is 462 g/mol. The molecule has 2 aromatic carbocycles. The van der Waals surface area contributed by atoms with E-state index in [-0.39, 0.29) is 5.91 Å². The van der Waals surface area contributed by atoms with Crippen LogP contribution in [0.2, 0.25) is 10.0 Å². The van der Waals surface area contributed by atoms with E-state index < -0.39 is 5.41 Å². The molecule has 2 aromatic rings. The second-order valence-electron chi connectivity index (χ2n) is 8.19. The van der Waals surface area contributed by atoms with Gasteiger partial charge in [0.25, 0.3) is 0 Å². The highest BCUT2D eigenvalue weighted by Crippen LogP contribution is 2.40. The molecule has 2 saturated heterocycles. The second-order valence-corrected chi connectivity index (χ2v) is 9.04. The van der Waals surface area contributed by atoms with Gasteiger partial charge in [-0.15, -0.1) is 0 Å². The van der Waals surface area contributed by atoms with E-state index in [4.69, 9.17) is 32.7 Å². The Morgan fingerprint density at radius 2 is 1.77 bits per heavy atom. The summed E-state index contributed by atoms with van der Waals surface area (Å²) in [5, 5.41) is 4.13. The van der Waals surface area contributed by atoms with Crippen molar-refractivity contribution in [2.45, 2.75) is 31.1 Å². The van der Waals surface area contributed by atoms with Gasteiger partial charge in [0.1, 0.15) is 12.4 Å². The maximum absolute atomic E-state index is 13.4. The number of ether oxygens (including phenoxy) is 2. The van der Waals surface area contributed by atoms with E-state index in [2.05, 4.69) is 10.2 Å². The molecule has 0 atom stereocenters. The number of carbonyl (C=O) groups is 1. The summed E-state index contributed by atoms with van der Waals surface area (Å²) in [6.45, 7) is 4.97. The van der Waals surface area contributed by atoms with Crippen LogP contribution >= 0.6 is 23.2 Å². The van der Waals surface area contributed by atoms with Crippen LogP contribution in [-0.2, 0) is 14.9 Å². The van der Waals surface area contributed by atoms with Crippen molar-refractivity contribution in [1.29, 1.82) is 0 Å². The summed E-state index contributed by atoms with van der Waals surface area (Å²) in [5.74, 6) is 0.724. The highest BCUT2D eigenvalue weighted by Gasteiger charge is 2.43. The summed E-state index contributed by atoms with van der Waals surface area (Å²) < 4.78 is 11.4. The molecule has 7 heteroatoms. The lowest BCUT2D eigenvalue weighted by molar-refractivity contribution is -0.125. The first-order chi connectivity index (χ1) is 15.1. The third-order valence-electron chi connectivity index (χ3n) is 6.21. The van der Waals surface area contributed by atoms with Gasteiger partial charge in [-0.05, 0) is 80.7 Å². The average Bonchev–Trinajstić information content (AvgIpc) is 3.29. The van der Waals surface area contributed by atoms with Crippen molar-refractivity contribution in [3.8, 4) is 5.75 Å². The molecule has 1 N–H and O–H groups in total. The second kappa shape index (κ2) is 10.2. The number of hydrogen-bond donors (Lipinski definition) is 1. The van der Waals surface area contributed by atoms with Crippen LogP contribution in [0.15, 0.2) is 42.5 Å². The van der Waals surface area contributed by atoms with Crippen LogP contribution in [0.4, 0.5) is 5.69 Å². The zero-order valence-corrected chi connectivity index (χ0v) is 19.1. The first-order valence-corrected chi connectivity index (χ1v) is 11.6. The molecular formula is C24H28Cl2N2O3. The number of nitrogens with one attached hydrogen (secondary N) is 1. The Labute approximate surface area is 193 Å². The third kappa shape index (κ3) is 5.35. The zero-order chi connectivity index (χ0) is 21.7. The van der Waals surface area contributed by atoms with Crippen molar-refractivity contribution in [1.82, 2.24) is 4.90 Å². The molecule has 0 unspecified atom stereocenters. The largest absolute Gasteiger partial charge is 0.492 e. The van der Waals surface area contributed by atoms with E-state index >= 15 is 0 Å². The maximum Gasteiger partial charge on any atom is 0.235 e. The molecule has 2 fully saturated rings. The Bertz CT molecular complexity index is 892. The highest BCUT2D eigenvalue weighted by molar-refractivity contribution is 6.35. The van der Waals surface area contributed by atoms with Gasteiger partial charge in [0, 0.05) is 35.5 Å². The van der Waals surface area contributed by atoms with Gasteiger partial charge in [-0.3, -0.25) is 9.69 Å². The van der Waals surface area contributed by atoms with Crippen molar-refractivity contribution >= 4 is 34.8 Å². The molecule has 166 valence electrons. The van der Waals surface area contributed by atoms with E-state index in [0.717, 1.165) is 23.5 Å². The van der Waals surface area contributed by atoms with E-state index in [9.17, 15) is 4.79 Å². The van der Waals surface area contributed by atoms with Crippen LogP contribution in [0.1, 0.15) is 31.2 Å². The summed E-state index contributed by atoms with van der Waals surface area (Å²) >= 11 is 12.6. The summed E-state index contributed by atoms with van der Waals surface area (Å²) in [6.07, 6.45) is 3.70. The van der Waals surface area contributed by atoms with Crippen LogP contribution in [0.25, 0.3) is 0 Å². The highest BCUT2D eigenvalue weighted by atomic mass is 35.5. The van der Waals surface area contributed by atoms with Gasteiger partial charge in [0.2, 0.25) is 5.91 Å². The number of benzene rings is 2. The van der Waals surface area contributed by atoms with Gasteiger partial charge >= 0.3 is 0 Å². The molecule has 0 saturated carbocycles. The minimum Gasteiger partial charge on any atom is -0.492 e. The van der Waals surface area contributed by atoms with Gasteiger partial charge in [-0.1, -0.05) is 29.3 Å². The van der Waals surface area contributed by atoms with Crippen LogP contribution in [0, 0.1) is 0 Å². The number of likely N-dealkylation sites (tertiary alicyclic amines) is 1. The number of nitrogens with zero attached hydrogens (tertiary/aromatic N) is 1. The number of hydrogen-bond acceptors (Lipinski definition) is 4. The molecule has 4 rings (SSSR count). The summed E-state index contributed by atoms with van der Waals surface area (Å²) in [5.41, 5.74) is 0.777. The number of anilines is 1. The number of halogens is 2. The smallest absolute Gasteiger partial charge is 0.235 e. The van der Waals surface area contributed by atoms with Gasteiger partial charge in [-0.25, -0.2) is 0 Å². The van der Waals surface area contributed by atoms with Crippen molar-refractivity contribution < 1.29 is 14.3 Å². The van der Waals surface area contributed by atoms with Gasteiger partial charge in [-0.2, -0.15) is 0 Å². The van der Waals surface area contributed by atoms with Crippen molar-refractivity contribution in [3.63, 3.8) is 0 Å². The fourth-order valence-corrected chi connectivity index (χ4v) is 4.99. The number of amides is 1. The number of rotatable bonds is 7. The lowest BCUT2D eigenvalue weighted by Gasteiger charge is -2.36. The molecule has 0 aromatic heterocycles. The molecule has 1 amide bonds. The summed E-state index contributed by atoms with van der Waals surface area (Å²) in [7, 11) is 0. The first-order valence-electron chi connectivity index (χ1n) is 10.9. The molecule has 31 heavy (non-hydrogen) atoms. The lowest BCUT2D eigenvalue weighted by atomic mass is 9.73. The van der Waals surface area contributed by atoms with E-state index in [0.29, 0.717) is 42.7 Å². The quantitative estimate of drug-likeness (QED) is 0.617. The van der Waals surface area contributed by atoms with Crippen LogP contribution in [0.3, 0.4) is 0 Å². The fourth-order valence-electron chi connectivity index (χ4n) is 4.40. The molecule has 0 radical (unpaired) electrons. The molecule has 2 heterocycles.